The van der Waals surface area contributed by atoms with Gasteiger partial charge < -0.3 is 14.3 Å². The van der Waals surface area contributed by atoms with Gasteiger partial charge in [-0.25, -0.2) is 9.67 Å². The highest BCUT2D eigenvalue weighted by Gasteiger charge is 2.20. The van der Waals surface area contributed by atoms with E-state index >= 15 is 0 Å². The predicted molar refractivity (Wildman–Crippen MR) is 71.0 cm³/mol. The Morgan fingerprint density at radius 1 is 1.43 bits per heavy atom. The van der Waals surface area contributed by atoms with Gasteiger partial charge in [-0.15, -0.1) is 0 Å². The molecule has 1 aliphatic heterocycles. The summed E-state index contributed by atoms with van der Waals surface area (Å²) in [7, 11) is 0. The molecule has 0 spiro atoms. The first-order chi connectivity index (χ1) is 10.4. The number of furan rings is 1. The molecule has 8 heteroatoms. The zero-order chi connectivity index (χ0) is 14.1. The summed E-state index contributed by atoms with van der Waals surface area (Å²) in [6.45, 7) is 1.36. The molecule has 0 aliphatic carbocycles. The van der Waals surface area contributed by atoms with Gasteiger partial charge in [0.05, 0.1) is 24.9 Å². The SMILES string of the molecule is c1nc2n(n1)C[C@@H](NCc1nc(-c3ccoc3)no1)CC2. The van der Waals surface area contributed by atoms with E-state index in [-0.39, 0.29) is 0 Å². The van der Waals surface area contributed by atoms with Crippen LogP contribution in [0.2, 0.25) is 0 Å². The van der Waals surface area contributed by atoms with E-state index in [9.17, 15) is 0 Å². The maximum Gasteiger partial charge on any atom is 0.240 e. The second-order valence-electron chi connectivity index (χ2n) is 5.00. The first-order valence-electron chi connectivity index (χ1n) is 6.84. The number of rotatable bonds is 4. The quantitative estimate of drug-likeness (QED) is 0.765. The van der Waals surface area contributed by atoms with Crippen LogP contribution in [0.25, 0.3) is 11.4 Å². The van der Waals surface area contributed by atoms with E-state index < -0.39 is 0 Å². The molecule has 0 aromatic carbocycles. The van der Waals surface area contributed by atoms with Gasteiger partial charge in [-0.2, -0.15) is 10.1 Å². The topological polar surface area (TPSA) is 94.8 Å². The lowest BCUT2D eigenvalue weighted by molar-refractivity contribution is 0.320. The Balaban J connectivity index is 1.37. The van der Waals surface area contributed by atoms with Crippen LogP contribution in [0.15, 0.2) is 33.9 Å². The largest absolute Gasteiger partial charge is 0.472 e. The van der Waals surface area contributed by atoms with Crippen molar-refractivity contribution in [2.24, 2.45) is 0 Å². The van der Waals surface area contributed by atoms with E-state index in [1.165, 1.54) is 0 Å². The number of hydrogen-bond donors (Lipinski definition) is 1. The fourth-order valence-electron chi connectivity index (χ4n) is 2.47. The lowest BCUT2D eigenvalue weighted by Gasteiger charge is -2.22. The highest BCUT2D eigenvalue weighted by Crippen LogP contribution is 2.16. The number of aryl methyl sites for hydroxylation is 1. The molecule has 4 rings (SSSR count). The van der Waals surface area contributed by atoms with Crippen molar-refractivity contribution in [3.05, 3.63) is 36.6 Å². The van der Waals surface area contributed by atoms with Gasteiger partial charge in [0.25, 0.3) is 0 Å². The number of nitrogens with one attached hydrogen (secondary N) is 1. The van der Waals surface area contributed by atoms with Crippen LogP contribution in [-0.2, 0) is 19.5 Å². The lowest BCUT2D eigenvalue weighted by atomic mass is 10.1. The van der Waals surface area contributed by atoms with Crippen LogP contribution in [0.5, 0.6) is 0 Å². The normalized spacial score (nSPS) is 17.8. The zero-order valence-corrected chi connectivity index (χ0v) is 11.3. The lowest BCUT2D eigenvalue weighted by Crippen LogP contribution is -2.37. The average Bonchev–Trinajstić information content (AvgIpc) is 3.24. The standard InChI is InChI=1S/C13H14N6O2/c1-2-11-15-8-16-19(11)6-10(1)14-5-12-17-13(18-21-12)9-3-4-20-7-9/h3-4,7-8,10,14H,1-2,5-6H2/t10-/m0/s1. The van der Waals surface area contributed by atoms with Crippen molar-refractivity contribution in [2.75, 3.05) is 0 Å². The van der Waals surface area contributed by atoms with E-state index in [1.54, 1.807) is 24.9 Å². The van der Waals surface area contributed by atoms with Crippen LogP contribution >= 0.6 is 0 Å². The molecule has 0 bridgehead atoms. The second kappa shape index (κ2) is 5.13. The molecule has 3 aromatic heterocycles. The molecule has 108 valence electrons. The molecule has 0 fully saturated rings. The fraction of sp³-hybridized carbons (Fsp3) is 0.385. The molecule has 3 aromatic rings. The molecule has 0 saturated heterocycles. The molecule has 8 nitrogen and oxygen atoms in total. The van der Waals surface area contributed by atoms with E-state index in [1.807, 2.05) is 4.68 Å². The van der Waals surface area contributed by atoms with Gasteiger partial charge in [-0.1, -0.05) is 5.16 Å². The van der Waals surface area contributed by atoms with E-state index in [0.29, 0.717) is 24.3 Å². The maximum atomic E-state index is 5.23. The van der Waals surface area contributed by atoms with Gasteiger partial charge in [-0.3, -0.25) is 0 Å². The molecule has 0 unspecified atom stereocenters. The van der Waals surface area contributed by atoms with E-state index in [2.05, 4.69) is 25.5 Å². The first kappa shape index (κ1) is 12.3. The van der Waals surface area contributed by atoms with Crippen molar-refractivity contribution in [1.82, 2.24) is 30.2 Å². The van der Waals surface area contributed by atoms with Crippen molar-refractivity contribution in [2.45, 2.75) is 32.0 Å². The van der Waals surface area contributed by atoms with Gasteiger partial charge in [0.2, 0.25) is 11.7 Å². The molecule has 1 aliphatic rings. The number of aromatic nitrogens is 5. The number of hydrogen-bond acceptors (Lipinski definition) is 7. The van der Waals surface area contributed by atoms with Crippen LogP contribution < -0.4 is 5.32 Å². The molecule has 0 saturated carbocycles. The molecule has 1 atom stereocenters. The Morgan fingerprint density at radius 3 is 3.33 bits per heavy atom. The van der Waals surface area contributed by atoms with Gasteiger partial charge in [0, 0.05) is 12.5 Å². The summed E-state index contributed by atoms with van der Waals surface area (Å²) in [5.41, 5.74) is 0.815. The highest BCUT2D eigenvalue weighted by molar-refractivity contribution is 5.51. The summed E-state index contributed by atoms with van der Waals surface area (Å²) in [6, 6.07) is 2.14. The van der Waals surface area contributed by atoms with Gasteiger partial charge in [-0.05, 0) is 12.5 Å². The second-order valence-corrected chi connectivity index (χ2v) is 5.00. The Bertz CT molecular complexity index is 717. The zero-order valence-electron chi connectivity index (χ0n) is 11.3. The summed E-state index contributed by atoms with van der Waals surface area (Å²) < 4.78 is 12.2. The van der Waals surface area contributed by atoms with Crippen molar-refractivity contribution < 1.29 is 8.94 Å². The first-order valence-corrected chi connectivity index (χ1v) is 6.84. The molecule has 1 N–H and O–H groups in total. The molecule has 4 heterocycles. The number of fused-ring (bicyclic) bond motifs is 1. The van der Waals surface area contributed by atoms with Crippen molar-refractivity contribution in [1.29, 1.82) is 0 Å². The molecule has 0 radical (unpaired) electrons. The average molecular weight is 286 g/mol. The predicted octanol–water partition coefficient (Wildman–Crippen LogP) is 1.03. The van der Waals surface area contributed by atoms with Gasteiger partial charge in [0.15, 0.2) is 0 Å². The third-order valence-electron chi connectivity index (χ3n) is 3.59. The summed E-state index contributed by atoms with van der Waals surface area (Å²) in [4.78, 5) is 8.55. The van der Waals surface area contributed by atoms with E-state index in [0.717, 1.165) is 30.8 Å². The molecule has 0 amide bonds. The minimum atomic E-state index is 0.337. The highest BCUT2D eigenvalue weighted by atomic mass is 16.5. The summed E-state index contributed by atoms with van der Waals surface area (Å²) in [6.07, 6.45) is 6.74. The smallest absolute Gasteiger partial charge is 0.240 e. The van der Waals surface area contributed by atoms with Crippen LogP contribution in [0.1, 0.15) is 18.1 Å². The van der Waals surface area contributed by atoms with Crippen LogP contribution in [-0.4, -0.2) is 30.9 Å². The fourth-order valence-corrected chi connectivity index (χ4v) is 2.47. The summed E-state index contributed by atoms with van der Waals surface area (Å²) >= 11 is 0. The Hall–Kier alpha value is -2.48. The Labute approximate surface area is 120 Å². The van der Waals surface area contributed by atoms with Crippen LogP contribution in [0.4, 0.5) is 0 Å². The molecule has 21 heavy (non-hydrogen) atoms. The van der Waals surface area contributed by atoms with E-state index in [4.69, 9.17) is 8.94 Å². The Morgan fingerprint density at radius 2 is 2.43 bits per heavy atom. The Kier molecular flexibility index (Phi) is 3.00. The summed E-state index contributed by atoms with van der Waals surface area (Å²) in [5, 5.41) is 11.6. The molecular formula is C13H14N6O2. The van der Waals surface area contributed by atoms with Crippen LogP contribution in [0, 0.1) is 0 Å². The monoisotopic (exact) mass is 286 g/mol. The minimum absolute atomic E-state index is 0.337. The third kappa shape index (κ3) is 2.45. The third-order valence-corrected chi connectivity index (χ3v) is 3.59. The van der Waals surface area contributed by atoms with Gasteiger partial charge >= 0.3 is 0 Å². The maximum absolute atomic E-state index is 5.23. The van der Waals surface area contributed by atoms with Crippen LogP contribution in [0.3, 0.4) is 0 Å². The minimum Gasteiger partial charge on any atom is -0.472 e. The number of nitrogens with zero attached hydrogens (tertiary/aromatic N) is 5. The van der Waals surface area contributed by atoms with Crippen molar-refractivity contribution in [3.63, 3.8) is 0 Å². The summed E-state index contributed by atoms with van der Waals surface area (Å²) in [5.74, 6) is 2.16. The molecular weight excluding hydrogens is 272 g/mol. The van der Waals surface area contributed by atoms with Gasteiger partial charge in [0.1, 0.15) is 18.4 Å². The van der Waals surface area contributed by atoms with Crippen molar-refractivity contribution in [3.8, 4) is 11.4 Å². The van der Waals surface area contributed by atoms with Crippen molar-refractivity contribution >= 4 is 0 Å².